The lowest BCUT2D eigenvalue weighted by Crippen LogP contribution is -2.34. The van der Waals surface area contributed by atoms with E-state index in [1.54, 1.807) is 4.90 Å². The van der Waals surface area contributed by atoms with Crippen LogP contribution in [0, 0.1) is 5.92 Å². The summed E-state index contributed by atoms with van der Waals surface area (Å²) in [5.41, 5.74) is 3.30. The van der Waals surface area contributed by atoms with E-state index in [4.69, 9.17) is 14.2 Å². The molecule has 2 heterocycles. The lowest BCUT2D eigenvalue weighted by molar-refractivity contribution is -0.132. The summed E-state index contributed by atoms with van der Waals surface area (Å²) in [6.07, 6.45) is 4.58. The number of carbonyl (C=O) groups is 1. The van der Waals surface area contributed by atoms with Gasteiger partial charge in [0.25, 0.3) is 5.91 Å². The smallest absolute Gasteiger partial charge is 0.260 e. The Morgan fingerprint density at radius 3 is 2.76 bits per heavy atom. The highest BCUT2D eigenvalue weighted by atomic mass is 16.7. The maximum absolute atomic E-state index is 12.5. The van der Waals surface area contributed by atoms with Gasteiger partial charge in [-0.15, -0.1) is 0 Å². The highest BCUT2D eigenvalue weighted by molar-refractivity contribution is 5.77. The van der Waals surface area contributed by atoms with Gasteiger partial charge in [-0.25, -0.2) is 0 Å². The van der Waals surface area contributed by atoms with Gasteiger partial charge < -0.3 is 19.1 Å². The Kier molecular flexibility index (Phi) is 7.76. The average Bonchev–Trinajstić information content (AvgIpc) is 3.29. The first-order chi connectivity index (χ1) is 16.0. The molecule has 6 nitrogen and oxygen atoms in total. The number of nitrogens with zero attached hydrogens (tertiary/aromatic N) is 2. The first kappa shape index (κ1) is 23.4. The molecule has 2 aliphatic heterocycles. The van der Waals surface area contributed by atoms with Gasteiger partial charge in [0, 0.05) is 32.2 Å². The summed E-state index contributed by atoms with van der Waals surface area (Å²) in [5, 5.41) is 0. The van der Waals surface area contributed by atoms with Gasteiger partial charge in [-0.05, 0) is 67.1 Å². The van der Waals surface area contributed by atoms with E-state index >= 15 is 0 Å². The lowest BCUT2D eigenvalue weighted by atomic mass is 9.98. The monoisotopic (exact) mass is 452 g/mol. The van der Waals surface area contributed by atoms with Crippen LogP contribution in [0.1, 0.15) is 45.1 Å². The van der Waals surface area contributed by atoms with Crippen LogP contribution in [0.3, 0.4) is 0 Å². The molecule has 1 fully saturated rings. The van der Waals surface area contributed by atoms with Crippen molar-refractivity contribution < 1.29 is 19.0 Å². The van der Waals surface area contributed by atoms with Crippen molar-refractivity contribution in [3.05, 3.63) is 42.0 Å². The molecular weight excluding hydrogens is 416 g/mol. The average molecular weight is 453 g/mol. The molecule has 0 saturated carbocycles. The van der Waals surface area contributed by atoms with Gasteiger partial charge in [0.15, 0.2) is 18.1 Å². The Morgan fingerprint density at radius 1 is 1.15 bits per heavy atom. The SMILES string of the molecule is CCCCN(C)C(=O)COc1ccc(-c2ccc3c(c2)OCO3)cc1CN1CCC[C@H](C)C1. The molecular formula is C27H36N2O4. The third kappa shape index (κ3) is 5.99. The molecule has 0 aliphatic carbocycles. The topological polar surface area (TPSA) is 51.2 Å². The van der Waals surface area contributed by atoms with E-state index in [1.807, 2.05) is 25.2 Å². The number of amides is 1. The Balaban J connectivity index is 1.53. The first-order valence-electron chi connectivity index (χ1n) is 12.2. The second-order valence-corrected chi connectivity index (χ2v) is 9.33. The zero-order chi connectivity index (χ0) is 23.2. The van der Waals surface area contributed by atoms with Crippen LogP contribution in [-0.2, 0) is 11.3 Å². The molecule has 0 aromatic heterocycles. The van der Waals surface area contributed by atoms with Crippen LogP contribution in [0.5, 0.6) is 17.2 Å². The van der Waals surface area contributed by atoms with E-state index in [2.05, 4.69) is 36.9 Å². The fourth-order valence-electron chi connectivity index (χ4n) is 4.54. The number of rotatable bonds is 9. The van der Waals surface area contributed by atoms with Crippen LogP contribution in [0.2, 0.25) is 0 Å². The quantitative estimate of drug-likeness (QED) is 0.539. The maximum atomic E-state index is 12.5. The minimum absolute atomic E-state index is 0.0147. The predicted molar refractivity (Wildman–Crippen MR) is 130 cm³/mol. The second kappa shape index (κ2) is 10.9. The fraction of sp³-hybridized carbons (Fsp3) is 0.519. The summed E-state index contributed by atoms with van der Waals surface area (Å²) >= 11 is 0. The van der Waals surface area contributed by atoms with E-state index in [-0.39, 0.29) is 19.3 Å². The molecule has 0 spiro atoms. The van der Waals surface area contributed by atoms with Crippen LogP contribution in [0.15, 0.2) is 36.4 Å². The van der Waals surface area contributed by atoms with Crippen molar-refractivity contribution in [1.82, 2.24) is 9.80 Å². The molecule has 6 heteroatoms. The molecule has 0 N–H and O–H groups in total. The molecule has 2 aromatic rings. The normalized spacial score (nSPS) is 17.7. The van der Waals surface area contributed by atoms with Gasteiger partial charge in [-0.1, -0.05) is 32.4 Å². The zero-order valence-corrected chi connectivity index (χ0v) is 20.1. The summed E-state index contributed by atoms with van der Waals surface area (Å²) < 4.78 is 17.1. The number of hydrogen-bond donors (Lipinski definition) is 0. The minimum atomic E-state index is 0.0147. The minimum Gasteiger partial charge on any atom is -0.483 e. The van der Waals surface area contributed by atoms with Crippen LogP contribution >= 0.6 is 0 Å². The van der Waals surface area contributed by atoms with Crippen LogP contribution in [0.25, 0.3) is 11.1 Å². The van der Waals surface area contributed by atoms with Crippen LogP contribution in [-0.4, -0.2) is 55.8 Å². The fourth-order valence-corrected chi connectivity index (χ4v) is 4.54. The van der Waals surface area contributed by atoms with Gasteiger partial charge in [-0.2, -0.15) is 0 Å². The number of piperidine rings is 1. The van der Waals surface area contributed by atoms with Crippen molar-refractivity contribution in [3.63, 3.8) is 0 Å². The molecule has 33 heavy (non-hydrogen) atoms. The van der Waals surface area contributed by atoms with Crippen LogP contribution < -0.4 is 14.2 Å². The largest absolute Gasteiger partial charge is 0.483 e. The van der Waals surface area contributed by atoms with Crippen molar-refractivity contribution in [2.24, 2.45) is 5.92 Å². The Bertz CT molecular complexity index is 961. The third-order valence-electron chi connectivity index (χ3n) is 6.53. The molecule has 178 valence electrons. The van der Waals surface area contributed by atoms with Crippen molar-refractivity contribution >= 4 is 5.91 Å². The summed E-state index contributed by atoms with van der Waals surface area (Å²) in [6, 6.07) is 12.3. The number of carbonyl (C=O) groups excluding carboxylic acids is 1. The summed E-state index contributed by atoms with van der Waals surface area (Å²) in [7, 11) is 1.85. The lowest BCUT2D eigenvalue weighted by Gasteiger charge is -2.31. The Labute approximate surface area is 197 Å². The van der Waals surface area contributed by atoms with Crippen molar-refractivity contribution in [2.45, 2.75) is 46.1 Å². The second-order valence-electron chi connectivity index (χ2n) is 9.33. The first-order valence-corrected chi connectivity index (χ1v) is 12.2. The number of benzene rings is 2. The van der Waals surface area contributed by atoms with Gasteiger partial charge >= 0.3 is 0 Å². The van der Waals surface area contributed by atoms with E-state index in [0.29, 0.717) is 5.92 Å². The number of likely N-dealkylation sites (tertiary alicyclic amines) is 1. The highest BCUT2D eigenvalue weighted by Gasteiger charge is 2.20. The van der Waals surface area contributed by atoms with Crippen molar-refractivity contribution in [1.29, 1.82) is 0 Å². The Morgan fingerprint density at radius 2 is 1.94 bits per heavy atom. The maximum Gasteiger partial charge on any atom is 0.260 e. The van der Waals surface area contributed by atoms with E-state index in [1.165, 1.54) is 12.8 Å². The molecule has 1 atom stereocenters. The Hall–Kier alpha value is -2.73. The molecule has 0 radical (unpaired) electrons. The molecule has 0 bridgehead atoms. The number of unbranched alkanes of at least 4 members (excludes halogenated alkanes) is 1. The number of fused-ring (bicyclic) bond motifs is 1. The highest BCUT2D eigenvalue weighted by Crippen LogP contribution is 2.37. The zero-order valence-electron chi connectivity index (χ0n) is 20.1. The third-order valence-corrected chi connectivity index (χ3v) is 6.53. The molecule has 1 saturated heterocycles. The molecule has 0 unspecified atom stereocenters. The molecule has 2 aliphatic rings. The molecule has 4 rings (SSSR count). The number of likely N-dealkylation sites (N-methyl/N-ethyl adjacent to an activating group) is 1. The molecule has 1 amide bonds. The summed E-state index contributed by atoms with van der Waals surface area (Å²) in [5.74, 6) is 3.07. The van der Waals surface area contributed by atoms with E-state index in [9.17, 15) is 4.79 Å². The summed E-state index contributed by atoms with van der Waals surface area (Å²) in [4.78, 5) is 16.8. The van der Waals surface area contributed by atoms with E-state index in [0.717, 1.165) is 73.0 Å². The van der Waals surface area contributed by atoms with Crippen molar-refractivity contribution in [2.75, 3.05) is 40.1 Å². The predicted octanol–water partition coefficient (Wildman–Crippen LogP) is 4.95. The number of ether oxygens (including phenoxy) is 3. The van der Waals surface area contributed by atoms with E-state index < -0.39 is 0 Å². The van der Waals surface area contributed by atoms with Gasteiger partial charge in [0.2, 0.25) is 6.79 Å². The van der Waals surface area contributed by atoms with Crippen LogP contribution in [0.4, 0.5) is 0 Å². The number of hydrogen-bond acceptors (Lipinski definition) is 5. The molecule has 2 aromatic carbocycles. The van der Waals surface area contributed by atoms with Crippen molar-refractivity contribution in [3.8, 4) is 28.4 Å². The van der Waals surface area contributed by atoms with Gasteiger partial charge in [0.1, 0.15) is 5.75 Å². The summed E-state index contributed by atoms with van der Waals surface area (Å²) in [6.45, 7) is 8.54. The standard InChI is InChI=1S/C27H36N2O4/c1-4-5-12-28(3)27(30)18-31-24-10-8-21(22-9-11-25-26(15-22)33-19-32-25)14-23(24)17-29-13-6-7-20(2)16-29/h8-11,14-15,20H,4-7,12-13,16-19H2,1-3H3/t20-/m0/s1. The van der Waals surface area contributed by atoms with Gasteiger partial charge in [0.05, 0.1) is 0 Å². The van der Waals surface area contributed by atoms with Gasteiger partial charge in [-0.3, -0.25) is 9.69 Å².